The van der Waals surface area contributed by atoms with E-state index in [1.165, 1.54) is 5.56 Å². The standard InChI is InChI=1S/C32H39N5O3/c33-29(24-26-12-6-2-7-13-26)32(40)35-34-30(38)16-17-31(39)37(27-14-8-3-9-15-27)28-19-22-36(23-20-28)21-18-25-10-4-1-5-11-25/h1-15,28-29H,16-24,33H2,(H,34,38)(H,35,40)/t29-/m1/s1. The van der Waals surface area contributed by atoms with Gasteiger partial charge in [-0.3, -0.25) is 25.2 Å². The molecule has 3 amide bonds. The van der Waals surface area contributed by atoms with E-state index >= 15 is 0 Å². The van der Waals surface area contributed by atoms with Gasteiger partial charge in [-0.05, 0) is 48.9 Å². The maximum atomic E-state index is 13.4. The molecule has 1 heterocycles. The quantitative estimate of drug-likeness (QED) is 0.323. The van der Waals surface area contributed by atoms with Crippen LogP contribution in [0.3, 0.4) is 0 Å². The smallest absolute Gasteiger partial charge is 0.255 e. The van der Waals surface area contributed by atoms with Crippen molar-refractivity contribution in [3.05, 3.63) is 102 Å². The molecule has 1 aliphatic rings. The molecular weight excluding hydrogens is 502 g/mol. The number of carbonyl (C=O) groups is 3. The number of para-hydroxylation sites is 1. The lowest BCUT2D eigenvalue weighted by Gasteiger charge is -2.38. The van der Waals surface area contributed by atoms with Crippen molar-refractivity contribution in [2.24, 2.45) is 5.73 Å². The first kappa shape index (κ1) is 29.0. The van der Waals surface area contributed by atoms with Crippen molar-refractivity contribution >= 4 is 23.4 Å². The van der Waals surface area contributed by atoms with Gasteiger partial charge in [-0.1, -0.05) is 78.9 Å². The Bertz CT molecular complexity index is 1220. The summed E-state index contributed by atoms with van der Waals surface area (Å²) in [6, 6.07) is 28.9. The highest BCUT2D eigenvalue weighted by molar-refractivity contribution is 5.96. The number of hydrazine groups is 1. The summed E-state index contributed by atoms with van der Waals surface area (Å²) >= 11 is 0. The monoisotopic (exact) mass is 541 g/mol. The third-order valence-electron chi connectivity index (χ3n) is 7.31. The summed E-state index contributed by atoms with van der Waals surface area (Å²) in [6.07, 6.45) is 3.12. The number of anilines is 1. The van der Waals surface area contributed by atoms with Crippen molar-refractivity contribution in [2.75, 3.05) is 24.5 Å². The van der Waals surface area contributed by atoms with Crippen LogP contribution >= 0.6 is 0 Å². The maximum Gasteiger partial charge on any atom is 0.255 e. The Morgan fingerprint density at radius 3 is 2.00 bits per heavy atom. The van der Waals surface area contributed by atoms with Crippen molar-refractivity contribution in [3.8, 4) is 0 Å². The Balaban J connectivity index is 1.25. The topological polar surface area (TPSA) is 108 Å². The van der Waals surface area contributed by atoms with Crippen LogP contribution in [0.4, 0.5) is 5.69 Å². The number of hydrogen-bond acceptors (Lipinski definition) is 5. The predicted octanol–water partition coefficient (Wildman–Crippen LogP) is 3.22. The minimum atomic E-state index is -0.795. The number of nitrogens with one attached hydrogen (secondary N) is 2. The van der Waals surface area contributed by atoms with Gasteiger partial charge in [0.05, 0.1) is 6.04 Å². The molecule has 8 nitrogen and oxygen atoms in total. The van der Waals surface area contributed by atoms with E-state index < -0.39 is 17.9 Å². The number of nitrogens with zero attached hydrogens (tertiary/aromatic N) is 2. The number of piperidine rings is 1. The molecule has 1 saturated heterocycles. The lowest BCUT2D eigenvalue weighted by Crippen LogP contribution is -2.50. The number of benzene rings is 3. The molecule has 0 aliphatic carbocycles. The van der Waals surface area contributed by atoms with Crippen LogP contribution in [0.25, 0.3) is 0 Å². The molecule has 8 heteroatoms. The SMILES string of the molecule is N[C@H](Cc1ccccc1)C(=O)NNC(=O)CCC(=O)N(c1ccccc1)C1CCN(CCc2ccccc2)CC1. The first-order valence-corrected chi connectivity index (χ1v) is 14.0. The normalized spacial score (nSPS) is 14.7. The molecule has 0 radical (unpaired) electrons. The van der Waals surface area contributed by atoms with Gasteiger partial charge in [0.25, 0.3) is 5.91 Å². The fraction of sp³-hybridized carbons (Fsp3) is 0.344. The van der Waals surface area contributed by atoms with Crippen LogP contribution in [0.2, 0.25) is 0 Å². The fourth-order valence-electron chi connectivity index (χ4n) is 5.07. The number of carbonyl (C=O) groups excluding carboxylic acids is 3. The van der Waals surface area contributed by atoms with Crippen LogP contribution in [0.5, 0.6) is 0 Å². The molecule has 4 rings (SSSR count). The highest BCUT2D eigenvalue weighted by Crippen LogP contribution is 2.25. The van der Waals surface area contributed by atoms with Gasteiger partial charge in [-0.15, -0.1) is 0 Å². The second-order valence-electron chi connectivity index (χ2n) is 10.2. The van der Waals surface area contributed by atoms with Gasteiger partial charge >= 0.3 is 0 Å². The fourth-order valence-corrected chi connectivity index (χ4v) is 5.07. The van der Waals surface area contributed by atoms with Crippen LogP contribution in [-0.2, 0) is 27.2 Å². The third kappa shape index (κ3) is 8.76. The molecular formula is C32H39N5O3. The number of likely N-dealkylation sites (tertiary alicyclic amines) is 1. The second-order valence-corrected chi connectivity index (χ2v) is 10.2. The Hall–Kier alpha value is -4.01. The van der Waals surface area contributed by atoms with Crippen molar-refractivity contribution in [2.45, 2.75) is 50.6 Å². The third-order valence-corrected chi connectivity index (χ3v) is 7.31. The minimum Gasteiger partial charge on any atom is -0.320 e. The number of amides is 3. The van der Waals surface area contributed by atoms with Crippen LogP contribution in [0.15, 0.2) is 91.0 Å². The molecule has 1 aliphatic heterocycles. The predicted molar refractivity (Wildman–Crippen MR) is 157 cm³/mol. The molecule has 0 aromatic heterocycles. The Kier molecular flexibility index (Phi) is 10.8. The van der Waals surface area contributed by atoms with Gasteiger partial charge in [0.15, 0.2) is 0 Å². The average Bonchev–Trinajstić information content (AvgIpc) is 3.00. The van der Waals surface area contributed by atoms with E-state index in [0.29, 0.717) is 6.42 Å². The average molecular weight is 542 g/mol. The van der Waals surface area contributed by atoms with Crippen LogP contribution in [-0.4, -0.2) is 54.3 Å². The van der Waals surface area contributed by atoms with Crippen LogP contribution < -0.4 is 21.5 Å². The zero-order valence-corrected chi connectivity index (χ0v) is 22.9. The van der Waals surface area contributed by atoms with Gasteiger partial charge in [0, 0.05) is 44.2 Å². The molecule has 3 aromatic carbocycles. The largest absolute Gasteiger partial charge is 0.320 e. The molecule has 0 saturated carbocycles. The van der Waals surface area contributed by atoms with Crippen molar-refractivity contribution < 1.29 is 14.4 Å². The highest BCUT2D eigenvalue weighted by Gasteiger charge is 2.29. The van der Waals surface area contributed by atoms with Gasteiger partial charge in [-0.2, -0.15) is 0 Å². The van der Waals surface area contributed by atoms with E-state index in [9.17, 15) is 14.4 Å². The molecule has 40 heavy (non-hydrogen) atoms. The van der Waals surface area contributed by atoms with Crippen molar-refractivity contribution in [3.63, 3.8) is 0 Å². The molecule has 210 valence electrons. The molecule has 0 unspecified atom stereocenters. The van der Waals surface area contributed by atoms with Gasteiger partial charge in [0.2, 0.25) is 11.8 Å². The maximum absolute atomic E-state index is 13.4. The van der Waals surface area contributed by atoms with Crippen LogP contribution in [0, 0.1) is 0 Å². The Labute approximate surface area is 236 Å². The summed E-state index contributed by atoms with van der Waals surface area (Å²) in [4.78, 5) is 42.5. The van der Waals surface area contributed by atoms with E-state index in [1.54, 1.807) is 0 Å². The van der Waals surface area contributed by atoms with E-state index in [2.05, 4.69) is 40.0 Å². The lowest BCUT2D eigenvalue weighted by atomic mass is 10.0. The Morgan fingerprint density at radius 2 is 1.38 bits per heavy atom. The zero-order chi connectivity index (χ0) is 28.2. The molecule has 1 fully saturated rings. The molecule has 1 atom stereocenters. The Morgan fingerprint density at radius 1 is 0.800 bits per heavy atom. The summed E-state index contributed by atoms with van der Waals surface area (Å²) in [5.74, 6) is -1.01. The number of rotatable bonds is 11. The van der Waals surface area contributed by atoms with Gasteiger partial charge in [0.1, 0.15) is 0 Å². The lowest BCUT2D eigenvalue weighted by molar-refractivity contribution is -0.130. The number of nitrogens with two attached hydrogens (primary N) is 1. The van der Waals surface area contributed by atoms with Crippen molar-refractivity contribution in [1.29, 1.82) is 0 Å². The van der Waals surface area contributed by atoms with Gasteiger partial charge < -0.3 is 15.5 Å². The molecule has 3 aromatic rings. The van der Waals surface area contributed by atoms with Gasteiger partial charge in [-0.25, -0.2) is 0 Å². The molecule has 0 spiro atoms. The van der Waals surface area contributed by atoms with E-state index in [0.717, 1.165) is 50.1 Å². The van der Waals surface area contributed by atoms with Crippen molar-refractivity contribution in [1.82, 2.24) is 15.8 Å². The first-order valence-electron chi connectivity index (χ1n) is 14.0. The van der Waals surface area contributed by atoms with Crippen LogP contribution in [0.1, 0.15) is 36.8 Å². The number of hydrogen-bond donors (Lipinski definition) is 3. The minimum absolute atomic E-state index is 0.0354. The summed E-state index contributed by atoms with van der Waals surface area (Å²) in [5, 5.41) is 0. The molecule has 0 bridgehead atoms. The summed E-state index contributed by atoms with van der Waals surface area (Å²) in [7, 11) is 0. The second kappa shape index (κ2) is 15.0. The van der Waals surface area contributed by atoms with E-state index in [1.807, 2.05) is 71.6 Å². The summed E-state index contributed by atoms with van der Waals surface area (Å²) in [6.45, 7) is 2.84. The van der Waals surface area contributed by atoms with E-state index in [-0.39, 0.29) is 24.8 Å². The van der Waals surface area contributed by atoms with E-state index in [4.69, 9.17) is 5.73 Å². The summed E-state index contributed by atoms with van der Waals surface area (Å²) in [5.41, 5.74) is 13.9. The zero-order valence-electron chi connectivity index (χ0n) is 22.9. The molecule has 4 N–H and O–H groups in total. The highest BCUT2D eigenvalue weighted by atomic mass is 16.2. The first-order chi connectivity index (χ1) is 19.5. The summed E-state index contributed by atoms with van der Waals surface area (Å²) < 4.78 is 0.